The molecule has 1 aliphatic heterocycles. The first kappa shape index (κ1) is 16.3. The molecule has 5 heteroatoms. The molecule has 1 heterocycles. The summed E-state index contributed by atoms with van der Waals surface area (Å²) in [6.07, 6.45) is 4.90. The van der Waals surface area contributed by atoms with Crippen molar-refractivity contribution in [2.75, 3.05) is 24.2 Å². The molecule has 1 saturated heterocycles. The van der Waals surface area contributed by atoms with E-state index in [1.807, 2.05) is 12.1 Å². The van der Waals surface area contributed by atoms with Gasteiger partial charge in [-0.1, -0.05) is 13.8 Å². The van der Waals surface area contributed by atoms with Crippen LogP contribution < -0.4 is 10.2 Å². The van der Waals surface area contributed by atoms with Gasteiger partial charge < -0.3 is 10.2 Å². The van der Waals surface area contributed by atoms with Crippen LogP contribution in [0.1, 0.15) is 33.1 Å². The quantitative estimate of drug-likeness (QED) is 0.907. The van der Waals surface area contributed by atoms with Gasteiger partial charge in [0.1, 0.15) is 0 Å². The second-order valence-electron chi connectivity index (χ2n) is 6.17. The van der Waals surface area contributed by atoms with E-state index >= 15 is 0 Å². The number of sulfone groups is 1. The van der Waals surface area contributed by atoms with Crippen LogP contribution in [0.2, 0.25) is 0 Å². The Hall–Kier alpha value is -1.07. The Balaban J connectivity index is 2.13. The van der Waals surface area contributed by atoms with Crippen molar-refractivity contribution in [1.29, 1.82) is 0 Å². The van der Waals surface area contributed by atoms with Crippen molar-refractivity contribution in [2.45, 2.75) is 50.1 Å². The Bertz CT molecular complexity index is 552. The van der Waals surface area contributed by atoms with Crippen LogP contribution in [0.4, 0.5) is 5.69 Å². The molecule has 1 atom stereocenters. The molecular weight excluding hydrogens is 284 g/mol. The number of hydrogen-bond acceptors (Lipinski definition) is 4. The third-order valence-corrected chi connectivity index (χ3v) is 5.11. The third kappa shape index (κ3) is 4.45. The smallest absolute Gasteiger partial charge is 0.175 e. The summed E-state index contributed by atoms with van der Waals surface area (Å²) >= 11 is 0. The first-order valence-electron chi connectivity index (χ1n) is 7.68. The maximum atomic E-state index is 11.5. The van der Waals surface area contributed by atoms with Gasteiger partial charge in [-0.15, -0.1) is 0 Å². The molecule has 0 amide bonds. The molecule has 1 aliphatic rings. The normalized spacial score (nSPS) is 20.0. The van der Waals surface area contributed by atoms with Crippen molar-refractivity contribution < 1.29 is 8.42 Å². The van der Waals surface area contributed by atoms with Crippen molar-refractivity contribution in [1.82, 2.24) is 5.32 Å². The summed E-state index contributed by atoms with van der Waals surface area (Å²) in [7, 11) is -3.12. The van der Waals surface area contributed by atoms with Crippen LogP contribution in [-0.2, 0) is 9.84 Å². The monoisotopic (exact) mass is 310 g/mol. The first-order valence-corrected chi connectivity index (χ1v) is 9.57. The fourth-order valence-electron chi connectivity index (χ4n) is 2.81. The molecule has 1 aromatic carbocycles. The van der Waals surface area contributed by atoms with Crippen LogP contribution in [0.5, 0.6) is 0 Å². The van der Waals surface area contributed by atoms with E-state index in [0.29, 0.717) is 17.0 Å². The van der Waals surface area contributed by atoms with Gasteiger partial charge >= 0.3 is 0 Å². The highest BCUT2D eigenvalue weighted by Crippen LogP contribution is 2.25. The van der Waals surface area contributed by atoms with Gasteiger partial charge in [0.25, 0.3) is 0 Å². The summed E-state index contributed by atoms with van der Waals surface area (Å²) in [5, 5.41) is 3.51. The van der Waals surface area contributed by atoms with Gasteiger partial charge in [0, 0.05) is 37.1 Å². The first-order chi connectivity index (χ1) is 9.88. The zero-order valence-corrected chi connectivity index (χ0v) is 14.0. The van der Waals surface area contributed by atoms with E-state index in [0.717, 1.165) is 18.8 Å². The lowest BCUT2D eigenvalue weighted by molar-refractivity contribution is 0.421. The molecule has 0 aliphatic carbocycles. The van der Waals surface area contributed by atoms with Crippen molar-refractivity contribution >= 4 is 15.5 Å². The summed E-state index contributed by atoms with van der Waals surface area (Å²) in [5.74, 6) is 0. The van der Waals surface area contributed by atoms with Crippen molar-refractivity contribution in [3.63, 3.8) is 0 Å². The number of rotatable bonds is 5. The number of piperidine rings is 1. The SMILES string of the molecule is CC(C)NCC1CCCCN1c1ccc(S(C)(=O)=O)cc1. The van der Waals surface area contributed by atoms with Gasteiger partial charge in [-0.25, -0.2) is 8.42 Å². The van der Waals surface area contributed by atoms with Gasteiger partial charge in [0.15, 0.2) is 9.84 Å². The van der Waals surface area contributed by atoms with Gasteiger partial charge in [0.2, 0.25) is 0 Å². The standard InChI is InChI=1S/C16H26N2O2S/c1-13(2)17-12-15-6-4-5-11-18(15)14-7-9-16(10-8-14)21(3,19)20/h7-10,13,15,17H,4-6,11-12H2,1-3H3. The maximum Gasteiger partial charge on any atom is 0.175 e. The lowest BCUT2D eigenvalue weighted by atomic mass is 10.0. The summed E-state index contributed by atoms with van der Waals surface area (Å²) in [6, 6.07) is 8.28. The Morgan fingerprint density at radius 2 is 1.90 bits per heavy atom. The number of benzene rings is 1. The summed E-state index contributed by atoms with van der Waals surface area (Å²) in [6.45, 7) is 6.34. The Kier molecular flexibility index (Phi) is 5.27. The zero-order chi connectivity index (χ0) is 15.5. The van der Waals surface area contributed by atoms with Gasteiger partial charge in [-0.3, -0.25) is 0 Å². The van der Waals surface area contributed by atoms with Crippen LogP contribution in [0.25, 0.3) is 0 Å². The van der Waals surface area contributed by atoms with E-state index in [9.17, 15) is 8.42 Å². The predicted molar refractivity (Wildman–Crippen MR) is 87.7 cm³/mol. The van der Waals surface area contributed by atoms with E-state index < -0.39 is 9.84 Å². The fraction of sp³-hybridized carbons (Fsp3) is 0.625. The van der Waals surface area contributed by atoms with E-state index in [4.69, 9.17) is 0 Å². The Morgan fingerprint density at radius 3 is 2.48 bits per heavy atom. The van der Waals surface area contributed by atoms with Crippen molar-refractivity contribution in [2.24, 2.45) is 0 Å². The average Bonchev–Trinajstić information content (AvgIpc) is 2.44. The maximum absolute atomic E-state index is 11.5. The Labute approximate surface area is 128 Å². The molecule has 118 valence electrons. The second-order valence-corrected chi connectivity index (χ2v) is 8.19. The summed E-state index contributed by atoms with van der Waals surface area (Å²) in [5.41, 5.74) is 1.12. The van der Waals surface area contributed by atoms with Crippen LogP contribution >= 0.6 is 0 Å². The zero-order valence-electron chi connectivity index (χ0n) is 13.2. The topological polar surface area (TPSA) is 49.4 Å². The molecule has 0 aromatic heterocycles. The van der Waals surface area contributed by atoms with Gasteiger partial charge in [-0.2, -0.15) is 0 Å². The van der Waals surface area contributed by atoms with Crippen LogP contribution in [0.15, 0.2) is 29.2 Å². The molecule has 1 fully saturated rings. The molecule has 1 aromatic rings. The minimum Gasteiger partial charge on any atom is -0.367 e. The lowest BCUT2D eigenvalue weighted by Gasteiger charge is -2.38. The number of nitrogens with zero attached hydrogens (tertiary/aromatic N) is 1. The number of anilines is 1. The molecule has 21 heavy (non-hydrogen) atoms. The summed E-state index contributed by atoms with van der Waals surface area (Å²) in [4.78, 5) is 2.80. The number of hydrogen-bond donors (Lipinski definition) is 1. The van der Waals surface area contributed by atoms with Gasteiger partial charge in [-0.05, 0) is 43.5 Å². The van der Waals surface area contributed by atoms with E-state index in [1.54, 1.807) is 12.1 Å². The van der Waals surface area contributed by atoms with E-state index in [-0.39, 0.29) is 0 Å². The molecule has 0 radical (unpaired) electrons. The number of nitrogens with one attached hydrogen (secondary N) is 1. The molecule has 4 nitrogen and oxygen atoms in total. The highest BCUT2D eigenvalue weighted by molar-refractivity contribution is 7.90. The molecular formula is C16H26N2O2S. The molecule has 0 bridgehead atoms. The van der Waals surface area contributed by atoms with E-state index in [1.165, 1.54) is 25.5 Å². The van der Waals surface area contributed by atoms with Crippen LogP contribution in [0, 0.1) is 0 Å². The Morgan fingerprint density at radius 1 is 1.24 bits per heavy atom. The molecule has 1 unspecified atom stereocenters. The highest BCUT2D eigenvalue weighted by atomic mass is 32.2. The predicted octanol–water partition coefficient (Wildman–Crippen LogP) is 2.45. The minimum absolute atomic E-state index is 0.389. The molecule has 0 spiro atoms. The second kappa shape index (κ2) is 6.79. The van der Waals surface area contributed by atoms with Crippen molar-refractivity contribution in [3.8, 4) is 0 Å². The third-order valence-electron chi connectivity index (χ3n) is 3.99. The van der Waals surface area contributed by atoms with Gasteiger partial charge in [0.05, 0.1) is 4.90 Å². The average molecular weight is 310 g/mol. The molecule has 2 rings (SSSR count). The van der Waals surface area contributed by atoms with Crippen LogP contribution in [-0.4, -0.2) is 39.8 Å². The largest absolute Gasteiger partial charge is 0.367 e. The lowest BCUT2D eigenvalue weighted by Crippen LogP contribution is -2.46. The van der Waals surface area contributed by atoms with Crippen molar-refractivity contribution in [3.05, 3.63) is 24.3 Å². The van der Waals surface area contributed by atoms with Crippen LogP contribution in [0.3, 0.4) is 0 Å². The minimum atomic E-state index is -3.12. The highest BCUT2D eigenvalue weighted by Gasteiger charge is 2.22. The summed E-state index contributed by atoms with van der Waals surface area (Å²) < 4.78 is 23.1. The molecule has 0 saturated carbocycles. The molecule has 1 N–H and O–H groups in total. The van der Waals surface area contributed by atoms with E-state index in [2.05, 4.69) is 24.1 Å². The fourth-order valence-corrected chi connectivity index (χ4v) is 3.44.